The van der Waals surface area contributed by atoms with Crippen LogP contribution in [0.25, 0.3) is 0 Å². The fourth-order valence-corrected chi connectivity index (χ4v) is 7.97. The number of aliphatic hydroxyl groups is 1. The normalized spacial score (nSPS) is 41.5. The highest BCUT2D eigenvalue weighted by molar-refractivity contribution is 6.00. The van der Waals surface area contributed by atoms with E-state index in [2.05, 4.69) is 0 Å². The van der Waals surface area contributed by atoms with Crippen LogP contribution in [0.4, 0.5) is 18.9 Å². The minimum atomic E-state index is -4.84. The Balaban J connectivity index is 1.32. The molecule has 0 radical (unpaired) electrons. The van der Waals surface area contributed by atoms with Crippen LogP contribution in [0.2, 0.25) is 0 Å². The number of anilines is 1. The number of fused-ring (bicyclic) bond motifs is 4. The Hall–Kier alpha value is -2.58. The van der Waals surface area contributed by atoms with Crippen molar-refractivity contribution in [1.82, 2.24) is 5.01 Å². The molecule has 0 spiro atoms. The van der Waals surface area contributed by atoms with Crippen molar-refractivity contribution in [2.24, 2.45) is 11.3 Å². The van der Waals surface area contributed by atoms with Gasteiger partial charge in [0.05, 0.1) is 18.2 Å². The minimum absolute atomic E-state index is 0.0675. The van der Waals surface area contributed by atoms with E-state index >= 15 is 13.2 Å². The van der Waals surface area contributed by atoms with Crippen LogP contribution in [-0.4, -0.2) is 77.3 Å². The van der Waals surface area contributed by atoms with Crippen LogP contribution in [-0.2, 0) is 33.9 Å². The number of benzene rings is 2. The van der Waals surface area contributed by atoms with Crippen molar-refractivity contribution >= 4 is 11.6 Å². The van der Waals surface area contributed by atoms with Crippen LogP contribution in [0.1, 0.15) is 40.2 Å². The fraction of sp³-hybridized carbons (Fsp3) is 0.581. The number of nitrogens with zero attached hydrogens (tertiary/aromatic N) is 2. The SMILES string of the molecule is CC1(C)O[C@@H]2OC(CN3[C@H](O)[C@]4(C)[C@H](C(=O)N3c3ccccc3)[C@@]4(c3ccccc3)C(F)(F)F)[C@H]3OC(C)(C)O[C@@H]3[C@H]2O1. The van der Waals surface area contributed by atoms with Crippen molar-refractivity contribution in [3.05, 3.63) is 66.2 Å². The molecule has 1 amide bonds. The number of carbonyl (C=O) groups is 1. The van der Waals surface area contributed by atoms with Gasteiger partial charge in [-0.05, 0) is 45.4 Å². The number of ether oxygens (including phenoxy) is 5. The summed E-state index contributed by atoms with van der Waals surface area (Å²) in [6.07, 6.45) is -10.2. The number of hydrogen-bond acceptors (Lipinski definition) is 8. The molecule has 0 aromatic heterocycles. The Bertz CT molecular complexity index is 1410. The zero-order valence-electron chi connectivity index (χ0n) is 24.4. The number of hydrazine groups is 1. The molecular weight excluding hydrogens is 569 g/mol. The van der Waals surface area contributed by atoms with E-state index in [1.54, 1.807) is 64.1 Å². The van der Waals surface area contributed by atoms with Gasteiger partial charge >= 0.3 is 6.18 Å². The molecule has 43 heavy (non-hydrogen) atoms. The predicted molar refractivity (Wildman–Crippen MR) is 145 cm³/mol. The largest absolute Gasteiger partial charge is 0.399 e. The van der Waals surface area contributed by atoms with E-state index in [1.807, 2.05) is 0 Å². The summed E-state index contributed by atoms with van der Waals surface area (Å²) in [5, 5.41) is 14.5. The van der Waals surface area contributed by atoms with E-state index in [9.17, 15) is 9.90 Å². The summed E-state index contributed by atoms with van der Waals surface area (Å²) in [5.41, 5.74) is -4.25. The second-order valence-corrected chi connectivity index (χ2v) is 13.1. The maximum atomic E-state index is 15.3. The Labute approximate surface area is 247 Å². The average Bonchev–Trinajstić information content (AvgIpc) is 3.19. The first kappa shape index (κ1) is 29.1. The molecule has 2 aromatic rings. The highest BCUT2D eigenvalue weighted by atomic mass is 19.4. The third-order valence-corrected chi connectivity index (χ3v) is 9.63. The third-order valence-electron chi connectivity index (χ3n) is 9.63. The molecule has 7 rings (SSSR count). The molecule has 2 aromatic carbocycles. The summed E-state index contributed by atoms with van der Waals surface area (Å²) < 4.78 is 76.7. The molecule has 12 heteroatoms. The topological polar surface area (TPSA) is 89.9 Å². The van der Waals surface area contributed by atoms with Crippen molar-refractivity contribution < 1.29 is 46.8 Å². The highest BCUT2D eigenvalue weighted by Crippen LogP contribution is 2.79. The van der Waals surface area contributed by atoms with Crippen LogP contribution in [0.5, 0.6) is 0 Å². The lowest BCUT2D eigenvalue weighted by Crippen LogP contribution is -2.65. The van der Waals surface area contributed by atoms with Crippen LogP contribution in [0, 0.1) is 11.3 Å². The molecule has 0 bridgehead atoms. The summed E-state index contributed by atoms with van der Waals surface area (Å²) in [7, 11) is 0. The second-order valence-electron chi connectivity index (χ2n) is 13.1. The number of alkyl halides is 3. The molecule has 9 atom stereocenters. The molecular formula is C31H35F3N2O7. The van der Waals surface area contributed by atoms with Crippen LogP contribution in [0.15, 0.2) is 60.7 Å². The molecule has 1 aliphatic carbocycles. The summed E-state index contributed by atoms with van der Waals surface area (Å²) >= 11 is 0. The maximum absolute atomic E-state index is 15.3. The number of amides is 1. The Morgan fingerprint density at radius 1 is 0.814 bits per heavy atom. The van der Waals surface area contributed by atoms with Gasteiger partial charge < -0.3 is 28.8 Å². The molecule has 1 N–H and O–H groups in total. The molecule has 5 fully saturated rings. The van der Waals surface area contributed by atoms with Crippen molar-refractivity contribution in [3.8, 4) is 0 Å². The van der Waals surface area contributed by atoms with Crippen molar-refractivity contribution in [2.45, 2.75) is 94.7 Å². The third kappa shape index (κ3) is 4.00. The van der Waals surface area contributed by atoms with E-state index in [1.165, 1.54) is 36.2 Å². The smallest absolute Gasteiger partial charge is 0.376 e. The predicted octanol–water partition coefficient (Wildman–Crippen LogP) is 4.10. The van der Waals surface area contributed by atoms with Crippen LogP contribution < -0.4 is 5.01 Å². The first-order valence-electron chi connectivity index (χ1n) is 14.4. The molecule has 4 saturated heterocycles. The zero-order chi connectivity index (χ0) is 30.7. The van der Waals surface area contributed by atoms with E-state index < -0.39 is 77.3 Å². The van der Waals surface area contributed by atoms with Gasteiger partial charge in [0.15, 0.2) is 17.9 Å². The van der Waals surface area contributed by atoms with Crippen molar-refractivity contribution in [1.29, 1.82) is 0 Å². The Morgan fingerprint density at radius 2 is 1.37 bits per heavy atom. The van der Waals surface area contributed by atoms with E-state index in [-0.39, 0.29) is 12.1 Å². The van der Waals surface area contributed by atoms with E-state index in [0.29, 0.717) is 5.69 Å². The number of hydrogen-bond donors (Lipinski definition) is 1. The summed E-state index contributed by atoms with van der Waals surface area (Å²) in [6, 6.07) is 15.7. The Kier molecular flexibility index (Phi) is 6.25. The highest BCUT2D eigenvalue weighted by Gasteiger charge is 2.92. The zero-order valence-corrected chi connectivity index (χ0v) is 24.4. The first-order valence-corrected chi connectivity index (χ1v) is 14.4. The van der Waals surface area contributed by atoms with Crippen molar-refractivity contribution in [2.75, 3.05) is 11.6 Å². The monoisotopic (exact) mass is 604 g/mol. The number of halogens is 3. The summed E-state index contributed by atoms with van der Waals surface area (Å²) in [5.74, 6) is -4.31. The molecule has 5 aliphatic rings. The van der Waals surface area contributed by atoms with Crippen molar-refractivity contribution in [3.63, 3.8) is 0 Å². The number of rotatable bonds is 4. The average molecular weight is 605 g/mol. The number of aliphatic hydroxyl groups excluding tert-OH is 1. The van der Waals surface area contributed by atoms with Gasteiger partial charge in [-0.15, -0.1) is 0 Å². The molecule has 4 aliphatic heterocycles. The number of para-hydroxylation sites is 1. The molecule has 232 valence electrons. The quantitative estimate of drug-likeness (QED) is 0.558. The van der Waals surface area contributed by atoms with E-state index in [4.69, 9.17) is 23.7 Å². The molecule has 9 nitrogen and oxygen atoms in total. The standard InChI is InChI=1S/C31H35F3N2O7/c1-27(2)40-20-19(39-25-22(21(20)41-27)42-28(3,4)43-25)16-35-26(38)29(5)23(24(37)36(35)18-14-10-7-11-15-18)30(29,31(32,33)34)17-12-8-6-9-13-17/h6-15,19-23,25-26,38H,16H2,1-5H3/t19?,20-,21+,22-,23+,25+,26-,29+,30-/m1/s1. The van der Waals surface area contributed by atoms with Gasteiger partial charge in [0.25, 0.3) is 0 Å². The first-order chi connectivity index (χ1) is 20.1. The van der Waals surface area contributed by atoms with E-state index in [0.717, 1.165) is 5.01 Å². The lowest BCUT2D eigenvalue weighted by Gasteiger charge is -2.47. The van der Waals surface area contributed by atoms with Gasteiger partial charge in [0.1, 0.15) is 36.1 Å². The second kappa shape index (κ2) is 9.23. The lowest BCUT2D eigenvalue weighted by atomic mass is 9.85. The minimum Gasteiger partial charge on any atom is -0.376 e. The Morgan fingerprint density at radius 3 is 2.00 bits per heavy atom. The van der Waals surface area contributed by atoms with Gasteiger partial charge in [0.2, 0.25) is 5.91 Å². The fourth-order valence-electron chi connectivity index (χ4n) is 7.97. The van der Waals surface area contributed by atoms with Gasteiger partial charge in [-0.3, -0.25) is 4.79 Å². The number of carbonyl (C=O) groups excluding carboxylic acids is 1. The summed E-state index contributed by atoms with van der Waals surface area (Å²) in [6.45, 7) is 8.14. The van der Waals surface area contributed by atoms with Crippen LogP contribution >= 0.6 is 0 Å². The summed E-state index contributed by atoms with van der Waals surface area (Å²) in [4.78, 5) is 14.3. The maximum Gasteiger partial charge on any atom is 0.399 e. The molecule has 4 heterocycles. The van der Waals surface area contributed by atoms with Gasteiger partial charge in [0, 0.05) is 5.41 Å². The van der Waals surface area contributed by atoms with Crippen LogP contribution in [0.3, 0.4) is 0 Å². The van der Waals surface area contributed by atoms with Gasteiger partial charge in [-0.25, -0.2) is 5.01 Å². The lowest BCUT2D eigenvalue weighted by molar-refractivity contribution is -0.243. The van der Waals surface area contributed by atoms with Gasteiger partial charge in [-0.2, -0.15) is 18.2 Å². The molecule has 1 unspecified atom stereocenters. The molecule has 1 saturated carbocycles. The van der Waals surface area contributed by atoms with Gasteiger partial charge in [-0.1, -0.05) is 55.5 Å².